The van der Waals surface area contributed by atoms with Crippen molar-refractivity contribution >= 4 is 5.97 Å². The molecule has 0 aliphatic rings. The van der Waals surface area contributed by atoms with Gasteiger partial charge in [-0.15, -0.1) is 0 Å². The van der Waals surface area contributed by atoms with Crippen molar-refractivity contribution < 1.29 is 9.53 Å². The Bertz CT molecular complexity index is 256. The predicted molar refractivity (Wildman–Crippen MR) is 63.6 cm³/mol. The molecular weight excluding hydrogens is 188 g/mol. The molecule has 2 heteroatoms. The Hall–Kier alpha value is -1.05. The number of methoxy groups -OCH3 is 1. The summed E-state index contributed by atoms with van der Waals surface area (Å²) in [5.74, 6) is -0.284. The van der Waals surface area contributed by atoms with Gasteiger partial charge in [0.05, 0.1) is 7.11 Å². The van der Waals surface area contributed by atoms with Crippen LogP contribution in [-0.4, -0.2) is 13.1 Å². The fourth-order valence-electron chi connectivity index (χ4n) is 1.11. The van der Waals surface area contributed by atoms with Crippen LogP contribution in [-0.2, 0) is 9.53 Å². The zero-order valence-electron chi connectivity index (χ0n) is 10.5. The molecule has 0 radical (unpaired) electrons. The number of hydrogen-bond acceptors (Lipinski definition) is 2. The quantitative estimate of drug-likeness (QED) is 0.394. The minimum Gasteiger partial charge on any atom is -0.466 e. The zero-order chi connectivity index (χ0) is 11.9. The van der Waals surface area contributed by atoms with E-state index in [9.17, 15) is 4.79 Å². The molecule has 0 aromatic carbocycles. The number of hydrogen-bond donors (Lipinski definition) is 0. The highest BCUT2D eigenvalue weighted by Crippen LogP contribution is 2.26. The van der Waals surface area contributed by atoms with E-state index in [0.29, 0.717) is 0 Å². The smallest absolute Gasteiger partial charge is 0.330 e. The summed E-state index contributed by atoms with van der Waals surface area (Å²) in [4.78, 5) is 10.8. The second-order valence-electron chi connectivity index (χ2n) is 4.78. The first-order chi connectivity index (χ1) is 6.87. The van der Waals surface area contributed by atoms with Gasteiger partial charge in [0.25, 0.3) is 0 Å². The third-order valence-electron chi connectivity index (χ3n) is 2.19. The molecule has 0 rings (SSSR count). The van der Waals surface area contributed by atoms with Crippen molar-refractivity contribution in [3.8, 4) is 0 Å². The van der Waals surface area contributed by atoms with Crippen molar-refractivity contribution in [1.29, 1.82) is 0 Å². The second kappa shape index (κ2) is 6.44. The van der Waals surface area contributed by atoms with E-state index in [1.807, 2.05) is 6.08 Å². The van der Waals surface area contributed by atoms with Crippen LogP contribution in [0.25, 0.3) is 0 Å². The standard InChI is InChI=1S/C13H22O2/c1-11(2)8-10-13(3,4)9-6-7-12(14)15-5/h6-8H,9-10H2,1-5H3/b7-6-. The van der Waals surface area contributed by atoms with Crippen LogP contribution in [0.4, 0.5) is 0 Å². The summed E-state index contributed by atoms with van der Waals surface area (Å²) >= 11 is 0. The van der Waals surface area contributed by atoms with E-state index in [4.69, 9.17) is 0 Å². The fourth-order valence-corrected chi connectivity index (χ4v) is 1.11. The second-order valence-corrected chi connectivity index (χ2v) is 4.78. The number of ether oxygens (including phenoxy) is 1. The van der Waals surface area contributed by atoms with E-state index in [1.165, 1.54) is 18.8 Å². The van der Waals surface area contributed by atoms with Gasteiger partial charge in [0.2, 0.25) is 0 Å². The summed E-state index contributed by atoms with van der Waals surface area (Å²) in [5, 5.41) is 0. The molecule has 0 saturated heterocycles. The van der Waals surface area contributed by atoms with E-state index < -0.39 is 0 Å². The molecule has 0 unspecified atom stereocenters. The lowest BCUT2D eigenvalue weighted by atomic mass is 9.85. The van der Waals surface area contributed by atoms with Gasteiger partial charge in [-0.3, -0.25) is 0 Å². The Kier molecular flexibility index (Phi) is 5.99. The summed E-state index contributed by atoms with van der Waals surface area (Å²) in [6, 6.07) is 0. The Labute approximate surface area is 93.0 Å². The van der Waals surface area contributed by atoms with E-state index in [1.54, 1.807) is 0 Å². The molecule has 86 valence electrons. The number of rotatable bonds is 5. The Morgan fingerprint density at radius 2 is 1.87 bits per heavy atom. The van der Waals surface area contributed by atoms with Crippen molar-refractivity contribution in [3.63, 3.8) is 0 Å². The van der Waals surface area contributed by atoms with Crippen LogP contribution in [0, 0.1) is 5.41 Å². The average molecular weight is 210 g/mol. The van der Waals surface area contributed by atoms with Gasteiger partial charge >= 0.3 is 5.97 Å². The van der Waals surface area contributed by atoms with Gasteiger partial charge in [0.15, 0.2) is 0 Å². The lowest BCUT2D eigenvalue weighted by Gasteiger charge is -2.20. The molecule has 0 fully saturated rings. The van der Waals surface area contributed by atoms with Crippen molar-refractivity contribution in [1.82, 2.24) is 0 Å². The van der Waals surface area contributed by atoms with Crippen LogP contribution in [0.5, 0.6) is 0 Å². The highest BCUT2D eigenvalue weighted by atomic mass is 16.5. The summed E-state index contributed by atoms with van der Waals surface area (Å²) in [6.45, 7) is 8.57. The molecule has 0 aromatic rings. The summed E-state index contributed by atoms with van der Waals surface area (Å²) in [7, 11) is 1.39. The Balaban J connectivity index is 4.09. The van der Waals surface area contributed by atoms with Crippen molar-refractivity contribution in [2.45, 2.75) is 40.5 Å². The van der Waals surface area contributed by atoms with Gasteiger partial charge in [-0.2, -0.15) is 0 Å². The highest BCUT2D eigenvalue weighted by Gasteiger charge is 2.14. The van der Waals surface area contributed by atoms with Crippen LogP contribution >= 0.6 is 0 Å². The molecule has 0 atom stereocenters. The Morgan fingerprint density at radius 1 is 1.27 bits per heavy atom. The maximum atomic E-state index is 10.8. The van der Waals surface area contributed by atoms with Crippen molar-refractivity contribution in [3.05, 3.63) is 23.8 Å². The molecule has 2 nitrogen and oxygen atoms in total. The minimum absolute atomic E-state index is 0.196. The fraction of sp³-hybridized carbons (Fsp3) is 0.615. The average Bonchev–Trinajstić information content (AvgIpc) is 2.14. The lowest BCUT2D eigenvalue weighted by molar-refractivity contribution is -0.134. The van der Waals surface area contributed by atoms with E-state index in [2.05, 4.69) is 38.5 Å². The van der Waals surface area contributed by atoms with Crippen LogP contribution in [0.15, 0.2) is 23.8 Å². The van der Waals surface area contributed by atoms with Crippen molar-refractivity contribution in [2.24, 2.45) is 5.41 Å². The molecule has 0 aliphatic carbocycles. The van der Waals surface area contributed by atoms with Gasteiger partial charge in [0, 0.05) is 6.08 Å². The molecule has 0 spiro atoms. The molecule has 0 N–H and O–H groups in total. The SMILES string of the molecule is COC(=O)/C=C\CC(C)(C)CC=C(C)C. The van der Waals surface area contributed by atoms with E-state index >= 15 is 0 Å². The predicted octanol–water partition coefficient (Wildman–Crippen LogP) is 3.49. The number of carbonyl (C=O) groups excluding carboxylic acids is 1. The lowest BCUT2D eigenvalue weighted by Crippen LogP contribution is -2.08. The first-order valence-electron chi connectivity index (χ1n) is 5.25. The van der Waals surface area contributed by atoms with Gasteiger partial charge in [0.1, 0.15) is 0 Å². The van der Waals surface area contributed by atoms with Crippen LogP contribution in [0.2, 0.25) is 0 Å². The van der Waals surface area contributed by atoms with Gasteiger partial charge in [-0.05, 0) is 32.1 Å². The summed E-state index contributed by atoms with van der Waals surface area (Å²) in [6.07, 6.45) is 7.51. The van der Waals surface area contributed by atoms with E-state index in [-0.39, 0.29) is 11.4 Å². The van der Waals surface area contributed by atoms with E-state index in [0.717, 1.165) is 12.8 Å². The minimum atomic E-state index is -0.284. The maximum Gasteiger partial charge on any atom is 0.330 e. The highest BCUT2D eigenvalue weighted by molar-refractivity contribution is 5.81. The largest absolute Gasteiger partial charge is 0.466 e. The normalized spacial score (nSPS) is 11.5. The maximum absolute atomic E-state index is 10.8. The molecular formula is C13H22O2. The van der Waals surface area contributed by atoms with Crippen LogP contribution < -0.4 is 0 Å². The van der Waals surface area contributed by atoms with Gasteiger partial charge in [-0.1, -0.05) is 31.6 Å². The Morgan fingerprint density at radius 3 is 2.33 bits per heavy atom. The number of carbonyl (C=O) groups is 1. The molecule has 0 aromatic heterocycles. The van der Waals surface area contributed by atoms with Crippen LogP contribution in [0.1, 0.15) is 40.5 Å². The summed E-state index contributed by atoms with van der Waals surface area (Å²) < 4.78 is 4.53. The molecule has 0 saturated carbocycles. The monoisotopic (exact) mass is 210 g/mol. The van der Waals surface area contributed by atoms with Crippen LogP contribution in [0.3, 0.4) is 0 Å². The zero-order valence-corrected chi connectivity index (χ0v) is 10.5. The number of esters is 1. The number of allylic oxidation sites excluding steroid dienone is 3. The van der Waals surface area contributed by atoms with Gasteiger partial charge in [-0.25, -0.2) is 4.79 Å². The van der Waals surface area contributed by atoms with Crippen molar-refractivity contribution in [2.75, 3.05) is 7.11 Å². The third-order valence-corrected chi connectivity index (χ3v) is 2.19. The van der Waals surface area contributed by atoms with Gasteiger partial charge < -0.3 is 4.74 Å². The molecule has 0 aliphatic heterocycles. The first-order valence-corrected chi connectivity index (χ1v) is 5.25. The molecule has 0 amide bonds. The molecule has 0 heterocycles. The topological polar surface area (TPSA) is 26.3 Å². The molecule has 15 heavy (non-hydrogen) atoms. The molecule has 0 bridgehead atoms. The first kappa shape index (κ1) is 13.9. The summed E-state index contributed by atoms with van der Waals surface area (Å²) in [5.41, 5.74) is 1.53. The third kappa shape index (κ3) is 7.98.